The molecule has 0 fully saturated rings. The van der Waals surface area contributed by atoms with Gasteiger partial charge in [0.15, 0.2) is 0 Å². The number of benzene rings is 1. The van der Waals surface area contributed by atoms with E-state index >= 15 is 0 Å². The lowest BCUT2D eigenvalue weighted by molar-refractivity contribution is -0.129. The molecule has 1 rings (SSSR count). The molecule has 0 radical (unpaired) electrons. The van der Waals surface area contributed by atoms with E-state index in [1.54, 1.807) is 13.8 Å². The molecule has 1 amide bonds. The van der Waals surface area contributed by atoms with Crippen molar-refractivity contribution in [3.8, 4) is 0 Å². The van der Waals surface area contributed by atoms with Gasteiger partial charge in [-0.25, -0.2) is 8.78 Å². The summed E-state index contributed by atoms with van der Waals surface area (Å²) in [5, 5.41) is 2.59. The zero-order valence-electron chi connectivity index (χ0n) is 10.6. The van der Waals surface area contributed by atoms with Crippen LogP contribution in [0, 0.1) is 17.0 Å². The van der Waals surface area contributed by atoms with E-state index in [1.165, 1.54) is 0 Å². The molecule has 5 heteroatoms. The van der Waals surface area contributed by atoms with Gasteiger partial charge in [-0.3, -0.25) is 4.79 Å². The van der Waals surface area contributed by atoms with Crippen LogP contribution in [-0.4, -0.2) is 12.5 Å². The van der Waals surface area contributed by atoms with Crippen LogP contribution in [-0.2, 0) is 11.3 Å². The first-order chi connectivity index (χ1) is 8.36. The molecule has 0 aromatic heterocycles. The van der Waals surface area contributed by atoms with Crippen LogP contribution in [0.15, 0.2) is 18.2 Å². The maximum absolute atomic E-state index is 13.3. The molecule has 0 heterocycles. The lowest BCUT2D eigenvalue weighted by atomic mass is 9.88. The van der Waals surface area contributed by atoms with E-state index in [9.17, 15) is 13.6 Å². The molecule has 3 N–H and O–H groups in total. The second-order valence-electron chi connectivity index (χ2n) is 4.84. The molecule has 0 aliphatic rings. The Bertz CT molecular complexity index is 433. The summed E-state index contributed by atoms with van der Waals surface area (Å²) in [7, 11) is 0. The summed E-state index contributed by atoms with van der Waals surface area (Å²) >= 11 is 0. The Morgan fingerprint density at radius 2 is 2.06 bits per heavy atom. The van der Waals surface area contributed by atoms with Crippen molar-refractivity contribution in [2.75, 3.05) is 6.54 Å². The number of hydrogen-bond donors (Lipinski definition) is 2. The third-order valence-corrected chi connectivity index (χ3v) is 2.83. The quantitative estimate of drug-likeness (QED) is 0.846. The minimum absolute atomic E-state index is 0.0313. The average molecular weight is 256 g/mol. The molecule has 3 nitrogen and oxygen atoms in total. The highest BCUT2D eigenvalue weighted by atomic mass is 19.1. The Kier molecular flexibility index (Phi) is 4.78. The van der Waals surface area contributed by atoms with Crippen molar-refractivity contribution in [3.63, 3.8) is 0 Å². The zero-order valence-corrected chi connectivity index (χ0v) is 10.6. The Morgan fingerprint density at radius 3 is 2.67 bits per heavy atom. The van der Waals surface area contributed by atoms with Crippen LogP contribution >= 0.6 is 0 Å². The van der Waals surface area contributed by atoms with Gasteiger partial charge in [-0.15, -0.1) is 0 Å². The second kappa shape index (κ2) is 5.91. The molecule has 1 aromatic rings. The van der Waals surface area contributed by atoms with E-state index in [0.717, 1.165) is 18.2 Å². The highest BCUT2D eigenvalue weighted by molar-refractivity contribution is 5.81. The fraction of sp³-hybridized carbons (Fsp3) is 0.462. The van der Waals surface area contributed by atoms with Crippen LogP contribution in [0.1, 0.15) is 25.8 Å². The number of amides is 1. The molecule has 0 saturated carbocycles. The lowest BCUT2D eigenvalue weighted by Gasteiger charge is -2.22. The molecule has 1 aromatic carbocycles. The first-order valence-electron chi connectivity index (χ1n) is 5.79. The van der Waals surface area contributed by atoms with Gasteiger partial charge in [0.05, 0.1) is 0 Å². The molecule has 0 bridgehead atoms. The van der Waals surface area contributed by atoms with Gasteiger partial charge in [0, 0.05) is 17.5 Å². The molecule has 0 spiro atoms. The SMILES string of the molecule is CC(C)(CCN)C(=O)NCc1cc(F)ccc1F. The van der Waals surface area contributed by atoms with Crippen molar-refractivity contribution in [2.45, 2.75) is 26.8 Å². The van der Waals surface area contributed by atoms with Gasteiger partial charge in [0.2, 0.25) is 5.91 Å². The average Bonchev–Trinajstić information content (AvgIpc) is 2.29. The Morgan fingerprint density at radius 1 is 1.39 bits per heavy atom. The summed E-state index contributed by atoms with van der Waals surface area (Å²) in [4.78, 5) is 11.8. The number of nitrogens with two attached hydrogens (primary N) is 1. The molecule has 18 heavy (non-hydrogen) atoms. The van der Waals surface area contributed by atoms with Gasteiger partial charge in [0.1, 0.15) is 11.6 Å². The first kappa shape index (κ1) is 14.6. The van der Waals surface area contributed by atoms with Crippen molar-refractivity contribution in [1.29, 1.82) is 0 Å². The maximum atomic E-state index is 13.3. The summed E-state index contributed by atoms with van der Waals surface area (Å²) in [6.45, 7) is 3.89. The number of nitrogens with one attached hydrogen (secondary N) is 1. The minimum Gasteiger partial charge on any atom is -0.351 e. The smallest absolute Gasteiger partial charge is 0.225 e. The van der Waals surface area contributed by atoms with Crippen molar-refractivity contribution in [2.24, 2.45) is 11.1 Å². The fourth-order valence-electron chi connectivity index (χ4n) is 1.57. The molecule has 0 saturated heterocycles. The van der Waals surface area contributed by atoms with Crippen LogP contribution in [0.2, 0.25) is 0 Å². The van der Waals surface area contributed by atoms with Gasteiger partial charge in [-0.1, -0.05) is 13.8 Å². The topological polar surface area (TPSA) is 55.1 Å². The normalized spacial score (nSPS) is 11.4. The zero-order chi connectivity index (χ0) is 13.8. The predicted molar refractivity (Wildman–Crippen MR) is 65.7 cm³/mol. The second-order valence-corrected chi connectivity index (χ2v) is 4.84. The van der Waals surface area contributed by atoms with Crippen molar-refractivity contribution >= 4 is 5.91 Å². The van der Waals surface area contributed by atoms with Gasteiger partial charge in [-0.2, -0.15) is 0 Å². The molecule has 0 aliphatic heterocycles. The molecule has 0 unspecified atom stereocenters. The summed E-state index contributed by atoms with van der Waals surface area (Å²) in [5.41, 5.74) is 4.93. The van der Waals surface area contributed by atoms with Crippen LogP contribution < -0.4 is 11.1 Å². The van der Waals surface area contributed by atoms with Gasteiger partial charge >= 0.3 is 0 Å². The first-order valence-corrected chi connectivity index (χ1v) is 5.79. The number of carbonyl (C=O) groups is 1. The Balaban J connectivity index is 2.65. The van der Waals surface area contributed by atoms with E-state index in [-0.39, 0.29) is 18.0 Å². The Hall–Kier alpha value is -1.49. The largest absolute Gasteiger partial charge is 0.351 e. The van der Waals surface area contributed by atoms with Crippen molar-refractivity contribution in [1.82, 2.24) is 5.32 Å². The minimum atomic E-state index is -0.613. The maximum Gasteiger partial charge on any atom is 0.225 e. The van der Waals surface area contributed by atoms with Crippen LogP contribution in [0.25, 0.3) is 0 Å². The highest BCUT2D eigenvalue weighted by Gasteiger charge is 2.26. The van der Waals surface area contributed by atoms with E-state index < -0.39 is 17.0 Å². The molecule has 100 valence electrons. The van der Waals surface area contributed by atoms with E-state index in [2.05, 4.69) is 5.32 Å². The van der Waals surface area contributed by atoms with Crippen molar-refractivity contribution < 1.29 is 13.6 Å². The van der Waals surface area contributed by atoms with Gasteiger partial charge < -0.3 is 11.1 Å². The van der Waals surface area contributed by atoms with Crippen LogP contribution in [0.5, 0.6) is 0 Å². The fourth-order valence-corrected chi connectivity index (χ4v) is 1.57. The molecule has 0 atom stereocenters. The summed E-state index contributed by atoms with van der Waals surface area (Å²) in [5.74, 6) is -1.29. The summed E-state index contributed by atoms with van der Waals surface area (Å²) in [6.07, 6.45) is 0.532. The lowest BCUT2D eigenvalue weighted by Crippen LogP contribution is -2.38. The number of carbonyl (C=O) groups excluding carboxylic acids is 1. The molecular weight excluding hydrogens is 238 g/mol. The molecular formula is C13H18F2N2O. The van der Waals surface area contributed by atoms with E-state index in [4.69, 9.17) is 5.73 Å². The third-order valence-electron chi connectivity index (χ3n) is 2.83. The number of halogens is 2. The van der Waals surface area contributed by atoms with Crippen molar-refractivity contribution in [3.05, 3.63) is 35.4 Å². The number of rotatable bonds is 5. The monoisotopic (exact) mass is 256 g/mol. The van der Waals surface area contributed by atoms with E-state index in [1.807, 2.05) is 0 Å². The van der Waals surface area contributed by atoms with Gasteiger partial charge in [-0.05, 0) is 31.2 Å². The highest BCUT2D eigenvalue weighted by Crippen LogP contribution is 2.19. The molecule has 0 aliphatic carbocycles. The standard InChI is InChI=1S/C13H18F2N2O/c1-13(2,5-6-16)12(18)17-8-9-7-10(14)3-4-11(9)15/h3-4,7H,5-6,8,16H2,1-2H3,(H,17,18). The summed E-state index contributed by atoms with van der Waals surface area (Å²) in [6, 6.07) is 3.16. The number of hydrogen-bond acceptors (Lipinski definition) is 2. The van der Waals surface area contributed by atoms with E-state index in [0.29, 0.717) is 13.0 Å². The third kappa shape index (κ3) is 3.77. The van der Waals surface area contributed by atoms with Crippen LogP contribution in [0.4, 0.5) is 8.78 Å². The van der Waals surface area contributed by atoms with Crippen LogP contribution in [0.3, 0.4) is 0 Å². The predicted octanol–water partition coefficient (Wildman–Crippen LogP) is 1.96. The van der Waals surface area contributed by atoms with Gasteiger partial charge in [0.25, 0.3) is 0 Å². The summed E-state index contributed by atoms with van der Waals surface area (Å²) < 4.78 is 26.3. The Labute approximate surface area is 105 Å².